The summed E-state index contributed by atoms with van der Waals surface area (Å²) in [6, 6.07) is 14.7. The van der Waals surface area contributed by atoms with Crippen LogP contribution in [0.3, 0.4) is 0 Å². The fourth-order valence-electron chi connectivity index (χ4n) is 4.04. The fraction of sp³-hybridized carbons (Fsp3) is 0.381. The van der Waals surface area contributed by atoms with Gasteiger partial charge in [-0.2, -0.15) is 0 Å². The Hall–Kier alpha value is -1.85. The molecular formula is C21H23BrN2O2. The third-order valence-electron chi connectivity index (χ3n) is 5.53. The summed E-state index contributed by atoms with van der Waals surface area (Å²) in [7, 11) is 1.63. The van der Waals surface area contributed by atoms with Crippen LogP contribution in [0.5, 0.6) is 5.75 Å². The maximum Gasteiger partial charge on any atom is 0.253 e. The van der Waals surface area contributed by atoms with E-state index in [1.54, 1.807) is 7.11 Å². The minimum atomic E-state index is 0.105. The lowest BCUT2D eigenvalue weighted by Crippen LogP contribution is -2.41. The summed E-state index contributed by atoms with van der Waals surface area (Å²) in [5.74, 6) is 0.848. The quantitative estimate of drug-likeness (QED) is 0.766. The number of ether oxygens (including phenoxy) is 1. The number of hydrogen-bond donors (Lipinski definition) is 0. The smallest absolute Gasteiger partial charge is 0.253 e. The van der Waals surface area contributed by atoms with Gasteiger partial charge in [-0.25, -0.2) is 0 Å². The number of benzene rings is 2. The van der Waals surface area contributed by atoms with Crippen LogP contribution in [0, 0.1) is 0 Å². The first kappa shape index (κ1) is 17.6. The van der Waals surface area contributed by atoms with Crippen molar-refractivity contribution in [3.05, 3.63) is 63.6 Å². The van der Waals surface area contributed by atoms with Gasteiger partial charge in [-0.3, -0.25) is 9.69 Å². The fourth-order valence-corrected chi connectivity index (χ4v) is 4.58. The number of hydrogen-bond acceptors (Lipinski definition) is 3. The molecular weight excluding hydrogens is 392 g/mol. The second-order valence-corrected chi connectivity index (χ2v) is 7.89. The van der Waals surface area contributed by atoms with Crippen LogP contribution in [0.2, 0.25) is 0 Å². The number of carbonyl (C=O) groups excluding carboxylic acids is 1. The van der Waals surface area contributed by atoms with Gasteiger partial charge in [-0.05, 0) is 58.1 Å². The van der Waals surface area contributed by atoms with Gasteiger partial charge in [0.1, 0.15) is 5.75 Å². The highest BCUT2D eigenvalue weighted by molar-refractivity contribution is 9.10. The molecule has 136 valence electrons. The minimum Gasteiger partial charge on any atom is -0.496 e. The molecule has 2 aliphatic heterocycles. The van der Waals surface area contributed by atoms with Crippen molar-refractivity contribution in [2.75, 3.05) is 26.7 Å². The van der Waals surface area contributed by atoms with Gasteiger partial charge in [0.15, 0.2) is 0 Å². The van der Waals surface area contributed by atoms with E-state index in [1.165, 1.54) is 11.1 Å². The van der Waals surface area contributed by atoms with Crippen molar-refractivity contribution in [2.45, 2.75) is 25.4 Å². The Morgan fingerprint density at radius 1 is 1.15 bits per heavy atom. The lowest BCUT2D eigenvalue weighted by Gasteiger charge is -2.33. The van der Waals surface area contributed by atoms with E-state index in [2.05, 4.69) is 45.1 Å². The van der Waals surface area contributed by atoms with Gasteiger partial charge in [0.2, 0.25) is 0 Å². The van der Waals surface area contributed by atoms with Crippen LogP contribution < -0.4 is 4.74 Å². The Kier molecular flexibility index (Phi) is 5.00. The molecule has 0 unspecified atom stereocenters. The van der Waals surface area contributed by atoms with Crippen molar-refractivity contribution < 1.29 is 9.53 Å². The normalized spacial score (nSPS) is 20.1. The molecule has 2 aliphatic rings. The van der Waals surface area contributed by atoms with Crippen LogP contribution in [-0.2, 0) is 13.0 Å². The third kappa shape index (κ3) is 3.38. The SMILES string of the molecule is COc1ccc(C(=O)N2CC[C@H](N3CCc4ccccc4C3)C2)cc1Br. The third-order valence-corrected chi connectivity index (χ3v) is 6.15. The van der Waals surface area contributed by atoms with Crippen molar-refractivity contribution in [3.8, 4) is 5.75 Å². The Bertz CT molecular complexity index is 823. The van der Waals surface area contributed by atoms with E-state index in [0.717, 1.165) is 49.2 Å². The Balaban J connectivity index is 1.42. The molecule has 2 aromatic carbocycles. The van der Waals surface area contributed by atoms with Crippen LogP contribution >= 0.6 is 15.9 Å². The molecule has 0 saturated carbocycles. The summed E-state index contributed by atoms with van der Waals surface area (Å²) in [4.78, 5) is 17.4. The lowest BCUT2D eigenvalue weighted by atomic mass is 9.98. The molecule has 1 amide bonds. The minimum absolute atomic E-state index is 0.105. The van der Waals surface area contributed by atoms with E-state index < -0.39 is 0 Å². The summed E-state index contributed by atoms with van der Waals surface area (Å²) in [6.45, 7) is 3.71. The van der Waals surface area contributed by atoms with E-state index in [4.69, 9.17) is 4.74 Å². The largest absolute Gasteiger partial charge is 0.496 e. The van der Waals surface area contributed by atoms with Gasteiger partial charge < -0.3 is 9.64 Å². The number of amides is 1. The zero-order valence-electron chi connectivity index (χ0n) is 15.0. The maximum absolute atomic E-state index is 12.9. The van der Waals surface area contributed by atoms with Crippen LogP contribution in [0.25, 0.3) is 0 Å². The van der Waals surface area contributed by atoms with Gasteiger partial charge in [0, 0.05) is 37.8 Å². The first-order valence-corrected chi connectivity index (χ1v) is 9.88. The van der Waals surface area contributed by atoms with E-state index in [-0.39, 0.29) is 5.91 Å². The predicted octanol–water partition coefficient (Wildman–Crippen LogP) is 3.73. The maximum atomic E-state index is 12.9. The van der Waals surface area contributed by atoms with Crippen LogP contribution in [0.1, 0.15) is 27.9 Å². The predicted molar refractivity (Wildman–Crippen MR) is 106 cm³/mol. The molecule has 1 fully saturated rings. The number of carbonyl (C=O) groups is 1. The molecule has 2 heterocycles. The van der Waals surface area contributed by atoms with Crippen LogP contribution in [-0.4, -0.2) is 48.5 Å². The van der Waals surface area contributed by atoms with E-state index in [1.807, 2.05) is 23.1 Å². The molecule has 0 N–H and O–H groups in total. The number of fused-ring (bicyclic) bond motifs is 1. The number of methoxy groups -OCH3 is 1. The van der Waals surface area contributed by atoms with Crippen LogP contribution in [0.4, 0.5) is 0 Å². The highest BCUT2D eigenvalue weighted by atomic mass is 79.9. The van der Waals surface area contributed by atoms with E-state index >= 15 is 0 Å². The molecule has 0 aromatic heterocycles. The number of rotatable bonds is 3. The monoisotopic (exact) mass is 414 g/mol. The molecule has 4 rings (SSSR count). The zero-order chi connectivity index (χ0) is 18.1. The lowest BCUT2D eigenvalue weighted by molar-refractivity contribution is 0.0773. The number of nitrogens with zero attached hydrogens (tertiary/aromatic N) is 2. The first-order chi connectivity index (χ1) is 12.7. The summed E-state index contributed by atoms with van der Waals surface area (Å²) >= 11 is 3.47. The second kappa shape index (κ2) is 7.41. The van der Waals surface area contributed by atoms with Gasteiger partial charge in [0.05, 0.1) is 11.6 Å². The van der Waals surface area contributed by atoms with Crippen molar-refractivity contribution in [3.63, 3.8) is 0 Å². The van der Waals surface area contributed by atoms with E-state index in [0.29, 0.717) is 11.6 Å². The number of likely N-dealkylation sites (tertiary alicyclic amines) is 1. The summed E-state index contributed by atoms with van der Waals surface area (Å²) in [5.41, 5.74) is 3.61. The first-order valence-electron chi connectivity index (χ1n) is 9.09. The Morgan fingerprint density at radius 2 is 1.96 bits per heavy atom. The van der Waals surface area contributed by atoms with Crippen molar-refractivity contribution in [1.29, 1.82) is 0 Å². The van der Waals surface area contributed by atoms with Crippen LogP contribution in [0.15, 0.2) is 46.9 Å². The molecule has 0 aliphatic carbocycles. The Morgan fingerprint density at radius 3 is 2.73 bits per heavy atom. The molecule has 1 saturated heterocycles. The molecule has 0 spiro atoms. The highest BCUT2D eigenvalue weighted by Gasteiger charge is 2.32. The molecule has 5 heteroatoms. The molecule has 1 atom stereocenters. The van der Waals surface area contributed by atoms with Gasteiger partial charge in [0.25, 0.3) is 5.91 Å². The van der Waals surface area contributed by atoms with Crippen molar-refractivity contribution in [1.82, 2.24) is 9.80 Å². The molecule has 4 nitrogen and oxygen atoms in total. The topological polar surface area (TPSA) is 32.8 Å². The number of halogens is 1. The summed E-state index contributed by atoms with van der Waals surface area (Å²) in [6.07, 6.45) is 2.15. The molecule has 2 aromatic rings. The summed E-state index contributed by atoms with van der Waals surface area (Å²) in [5, 5.41) is 0. The molecule has 26 heavy (non-hydrogen) atoms. The second-order valence-electron chi connectivity index (χ2n) is 7.03. The zero-order valence-corrected chi connectivity index (χ0v) is 16.5. The standard InChI is InChI=1S/C21H23BrN2O2/c1-26-20-7-6-16(12-19(20)22)21(25)24-11-9-18(14-24)23-10-8-15-4-2-3-5-17(15)13-23/h2-7,12,18H,8-11,13-14H2,1H3/t18-/m0/s1. The average molecular weight is 415 g/mol. The Labute approximate surface area is 162 Å². The highest BCUT2D eigenvalue weighted by Crippen LogP contribution is 2.28. The van der Waals surface area contributed by atoms with Crippen molar-refractivity contribution in [2.24, 2.45) is 0 Å². The van der Waals surface area contributed by atoms with Gasteiger partial charge >= 0.3 is 0 Å². The average Bonchev–Trinajstić information content (AvgIpc) is 3.17. The van der Waals surface area contributed by atoms with Crippen molar-refractivity contribution >= 4 is 21.8 Å². The van der Waals surface area contributed by atoms with Gasteiger partial charge in [-0.15, -0.1) is 0 Å². The van der Waals surface area contributed by atoms with E-state index in [9.17, 15) is 4.79 Å². The molecule has 0 radical (unpaired) electrons. The summed E-state index contributed by atoms with van der Waals surface area (Å²) < 4.78 is 6.07. The van der Waals surface area contributed by atoms with Gasteiger partial charge in [-0.1, -0.05) is 24.3 Å². The molecule has 0 bridgehead atoms.